The Kier molecular flexibility index (Phi) is 5.98. The lowest BCUT2D eigenvalue weighted by molar-refractivity contribution is 0.439. The van der Waals surface area contributed by atoms with Gasteiger partial charge < -0.3 is 10.2 Å². The van der Waals surface area contributed by atoms with Crippen LogP contribution in [0.2, 0.25) is 20.1 Å². The molecule has 3 aromatic rings. The van der Waals surface area contributed by atoms with Gasteiger partial charge in [-0.1, -0.05) is 64.6 Å². The van der Waals surface area contributed by atoms with Gasteiger partial charge in [0, 0.05) is 31.8 Å². The first kappa shape index (κ1) is 22.0. The van der Waals surface area contributed by atoms with Crippen molar-refractivity contribution in [3.63, 3.8) is 0 Å². The van der Waals surface area contributed by atoms with Crippen LogP contribution in [0.4, 0.5) is 0 Å². The summed E-state index contributed by atoms with van der Waals surface area (Å²) >= 11 is 25.0. The van der Waals surface area contributed by atoms with Crippen LogP contribution in [0, 0.1) is 0 Å². The Labute approximate surface area is 186 Å². The monoisotopic (exact) mass is 492 g/mol. The highest BCUT2D eigenvalue weighted by Crippen LogP contribution is 2.54. The third-order valence-electron chi connectivity index (χ3n) is 4.40. The zero-order valence-corrected chi connectivity index (χ0v) is 18.1. The number of phenolic OH excluding ortho intramolecular Hbond substituents is 2. The molecule has 0 aliphatic carbocycles. The van der Waals surface area contributed by atoms with Crippen LogP contribution in [0.3, 0.4) is 0 Å². The maximum atomic E-state index is 13.0. The second kappa shape index (κ2) is 7.87. The van der Waals surface area contributed by atoms with Crippen molar-refractivity contribution < 1.29 is 23.2 Å². The zero-order valence-electron chi connectivity index (χ0n) is 14.3. The Morgan fingerprint density at radius 3 is 2.00 bits per heavy atom. The Morgan fingerprint density at radius 2 is 1.38 bits per heavy atom. The molecule has 0 spiro atoms. The van der Waals surface area contributed by atoms with Gasteiger partial charge in [-0.3, -0.25) is 4.55 Å². The zero-order chi connectivity index (χ0) is 21.6. The molecule has 29 heavy (non-hydrogen) atoms. The second-order valence-electron chi connectivity index (χ2n) is 6.05. The minimum absolute atomic E-state index is 0.0974. The molecular formula is C19H12Cl4O5S. The van der Waals surface area contributed by atoms with Gasteiger partial charge >= 0.3 is 0 Å². The van der Waals surface area contributed by atoms with Gasteiger partial charge in [-0.2, -0.15) is 8.42 Å². The number of halogens is 4. The van der Waals surface area contributed by atoms with Crippen molar-refractivity contribution in [2.45, 2.75) is 4.75 Å². The molecule has 1 atom stereocenters. The Balaban J connectivity index is 2.71. The lowest BCUT2D eigenvalue weighted by Gasteiger charge is -2.35. The number of hydrogen-bond donors (Lipinski definition) is 3. The van der Waals surface area contributed by atoms with Crippen LogP contribution in [-0.2, 0) is 14.9 Å². The summed E-state index contributed by atoms with van der Waals surface area (Å²) in [6, 6.07) is 11.7. The molecule has 0 heterocycles. The smallest absolute Gasteiger partial charge is 0.283 e. The maximum Gasteiger partial charge on any atom is 0.283 e. The number of hydrogen-bond acceptors (Lipinski definition) is 4. The fraction of sp³-hybridized carbons (Fsp3) is 0.0526. The van der Waals surface area contributed by atoms with Gasteiger partial charge in [0.05, 0.1) is 5.02 Å². The lowest BCUT2D eigenvalue weighted by Crippen LogP contribution is -2.39. The number of phenols is 2. The fourth-order valence-corrected chi connectivity index (χ4v) is 5.85. The summed E-state index contributed by atoms with van der Waals surface area (Å²) in [5.41, 5.74) is -0.903. The molecular weight excluding hydrogens is 482 g/mol. The van der Waals surface area contributed by atoms with E-state index in [1.807, 2.05) is 0 Å². The summed E-state index contributed by atoms with van der Waals surface area (Å²) in [4.78, 5) is 0. The standard InChI is InChI=1S/C19H12Cl4O5S/c20-10-5-6-13(21)12(9-10)19(29(26,27)28,11-3-1-2-4-15(11)24)17-14(22)7-8-16(25)18(17)23/h1-9,24-25H,(H,26,27,28). The van der Waals surface area contributed by atoms with E-state index in [9.17, 15) is 23.2 Å². The van der Waals surface area contributed by atoms with Gasteiger partial charge in [0.15, 0.2) is 4.75 Å². The van der Waals surface area contributed by atoms with Crippen LogP contribution < -0.4 is 0 Å². The minimum Gasteiger partial charge on any atom is -0.508 e. The third kappa shape index (κ3) is 3.54. The molecule has 152 valence electrons. The van der Waals surface area contributed by atoms with Crippen LogP contribution in [0.15, 0.2) is 54.6 Å². The average Bonchev–Trinajstić information content (AvgIpc) is 2.64. The van der Waals surface area contributed by atoms with E-state index < -0.39 is 37.0 Å². The van der Waals surface area contributed by atoms with E-state index in [1.165, 1.54) is 48.5 Å². The predicted molar refractivity (Wildman–Crippen MR) is 114 cm³/mol. The molecule has 0 saturated carbocycles. The van der Waals surface area contributed by atoms with Gasteiger partial charge in [0.25, 0.3) is 10.1 Å². The molecule has 3 rings (SSSR count). The van der Waals surface area contributed by atoms with Crippen molar-refractivity contribution in [2.24, 2.45) is 0 Å². The first-order chi connectivity index (χ1) is 13.5. The highest BCUT2D eigenvalue weighted by molar-refractivity contribution is 7.87. The first-order valence-electron chi connectivity index (χ1n) is 7.90. The molecule has 0 aromatic heterocycles. The second-order valence-corrected chi connectivity index (χ2v) is 9.24. The maximum absolute atomic E-state index is 13.0. The van der Waals surface area contributed by atoms with Gasteiger partial charge in [-0.25, -0.2) is 0 Å². The van der Waals surface area contributed by atoms with Crippen LogP contribution in [0.1, 0.15) is 16.7 Å². The molecule has 0 radical (unpaired) electrons. The van der Waals surface area contributed by atoms with E-state index in [-0.39, 0.29) is 26.2 Å². The van der Waals surface area contributed by atoms with Gasteiger partial charge in [0.1, 0.15) is 11.5 Å². The summed E-state index contributed by atoms with van der Waals surface area (Å²) in [5.74, 6) is -0.982. The largest absolute Gasteiger partial charge is 0.508 e. The highest BCUT2D eigenvalue weighted by atomic mass is 35.5. The average molecular weight is 494 g/mol. The van der Waals surface area contributed by atoms with Gasteiger partial charge in [0.2, 0.25) is 0 Å². The van der Waals surface area contributed by atoms with Crippen molar-refractivity contribution in [3.05, 3.63) is 91.4 Å². The highest BCUT2D eigenvalue weighted by Gasteiger charge is 2.53. The molecule has 0 saturated heterocycles. The van der Waals surface area contributed by atoms with Crippen LogP contribution in [0.25, 0.3) is 0 Å². The van der Waals surface area contributed by atoms with E-state index in [4.69, 9.17) is 46.4 Å². The molecule has 3 N–H and O–H groups in total. The van der Waals surface area contributed by atoms with E-state index in [0.717, 1.165) is 6.07 Å². The lowest BCUT2D eigenvalue weighted by atomic mass is 9.83. The SMILES string of the molecule is O=S(=O)(O)C(c1ccccc1O)(c1cc(Cl)ccc1Cl)c1c(Cl)ccc(O)c1Cl. The topological polar surface area (TPSA) is 94.8 Å². The predicted octanol–water partition coefficient (Wildman–Crippen LogP) is 5.89. The summed E-state index contributed by atoms with van der Waals surface area (Å²) < 4.78 is 34.0. The molecule has 0 aliphatic rings. The number of aromatic hydroxyl groups is 2. The van der Waals surface area contributed by atoms with Crippen molar-refractivity contribution in [2.75, 3.05) is 0 Å². The van der Waals surface area contributed by atoms with Crippen molar-refractivity contribution >= 4 is 56.5 Å². The molecule has 1 unspecified atom stereocenters. The summed E-state index contributed by atoms with van der Waals surface area (Å²) in [6.45, 7) is 0. The van der Waals surface area contributed by atoms with Crippen molar-refractivity contribution in [1.82, 2.24) is 0 Å². The fourth-order valence-electron chi connectivity index (χ4n) is 3.22. The van der Waals surface area contributed by atoms with Crippen molar-refractivity contribution in [3.8, 4) is 11.5 Å². The van der Waals surface area contributed by atoms with Gasteiger partial charge in [-0.05, 0) is 36.4 Å². The molecule has 0 amide bonds. The van der Waals surface area contributed by atoms with Crippen molar-refractivity contribution in [1.29, 1.82) is 0 Å². The van der Waals surface area contributed by atoms with Crippen LogP contribution in [0.5, 0.6) is 11.5 Å². The van der Waals surface area contributed by atoms with Crippen LogP contribution >= 0.6 is 46.4 Å². The summed E-state index contributed by atoms with van der Waals surface area (Å²) in [6.07, 6.45) is 0. The normalized spacial score (nSPS) is 13.8. The number of rotatable bonds is 4. The van der Waals surface area contributed by atoms with E-state index in [2.05, 4.69) is 0 Å². The number of benzene rings is 3. The van der Waals surface area contributed by atoms with E-state index in [0.29, 0.717) is 0 Å². The van der Waals surface area contributed by atoms with E-state index in [1.54, 1.807) is 0 Å². The Morgan fingerprint density at radius 1 is 0.759 bits per heavy atom. The molecule has 0 bridgehead atoms. The van der Waals surface area contributed by atoms with Gasteiger partial charge in [-0.15, -0.1) is 0 Å². The minimum atomic E-state index is -5.19. The molecule has 10 heteroatoms. The summed E-state index contributed by atoms with van der Waals surface area (Å²) in [7, 11) is -5.19. The number of para-hydroxylation sites is 1. The first-order valence-corrected chi connectivity index (χ1v) is 10.9. The Bertz CT molecular complexity index is 1210. The third-order valence-corrected chi connectivity index (χ3v) is 7.08. The van der Waals surface area contributed by atoms with E-state index >= 15 is 0 Å². The molecule has 0 aliphatic heterocycles. The molecule has 3 aromatic carbocycles. The molecule has 5 nitrogen and oxygen atoms in total. The quantitative estimate of drug-likeness (QED) is 0.311. The molecule has 0 fully saturated rings. The Hall–Kier alpha value is -1.67. The van der Waals surface area contributed by atoms with Crippen LogP contribution in [-0.4, -0.2) is 23.2 Å². The summed E-state index contributed by atoms with van der Waals surface area (Å²) in [5, 5.41) is 20.0.